The highest BCUT2D eigenvalue weighted by Crippen LogP contribution is 2.31. The summed E-state index contributed by atoms with van der Waals surface area (Å²) in [5.74, 6) is -1.78. The molecule has 13 heteroatoms. The number of likely N-dealkylation sites (tertiary alicyclic amines) is 1. The molecular weight excluding hydrogens is 630 g/mol. The van der Waals surface area contributed by atoms with Crippen molar-refractivity contribution >= 4 is 50.9 Å². The van der Waals surface area contributed by atoms with Crippen LogP contribution in [0.25, 0.3) is 0 Å². The number of aryl methyl sites for hydroxylation is 1. The summed E-state index contributed by atoms with van der Waals surface area (Å²) in [7, 11) is 3.71. The van der Waals surface area contributed by atoms with Gasteiger partial charge in [0.05, 0.1) is 23.0 Å². The number of fused-ring (bicyclic) bond motifs is 1. The molecule has 4 heterocycles. The van der Waals surface area contributed by atoms with Gasteiger partial charge in [-0.3, -0.25) is 34.2 Å². The minimum absolute atomic E-state index is 0.0794. The molecule has 0 bridgehead atoms. The van der Waals surface area contributed by atoms with Crippen LogP contribution in [0.5, 0.6) is 0 Å². The van der Waals surface area contributed by atoms with Gasteiger partial charge in [0.2, 0.25) is 11.8 Å². The smallest absolute Gasteiger partial charge is 0.282 e. The molecule has 44 heavy (non-hydrogen) atoms. The van der Waals surface area contributed by atoms with Crippen LogP contribution in [0.3, 0.4) is 0 Å². The largest absolute Gasteiger partial charge is 0.381 e. The van der Waals surface area contributed by atoms with Crippen molar-refractivity contribution in [3.8, 4) is 0 Å². The summed E-state index contributed by atoms with van der Waals surface area (Å²) >= 11 is 3.40. The van der Waals surface area contributed by atoms with E-state index < -0.39 is 29.7 Å². The van der Waals surface area contributed by atoms with Crippen molar-refractivity contribution < 1.29 is 19.2 Å². The van der Waals surface area contributed by atoms with Crippen LogP contribution in [0.4, 0.5) is 11.4 Å². The van der Waals surface area contributed by atoms with Gasteiger partial charge in [0.15, 0.2) is 0 Å². The molecule has 4 amide bonds. The summed E-state index contributed by atoms with van der Waals surface area (Å²) in [5, 5.41) is 13.2. The van der Waals surface area contributed by atoms with Crippen LogP contribution in [-0.2, 0) is 23.2 Å². The Labute approximate surface area is 261 Å². The molecule has 0 spiro atoms. The number of carbonyl (C=O) groups excluding carboxylic acids is 4. The second-order valence-electron chi connectivity index (χ2n) is 11.6. The van der Waals surface area contributed by atoms with Crippen LogP contribution >= 0.6 is 15.9 Å². The summed E-state index contributed by atoms with van der Waals surface area (Å²) in [6.07, 6.45) is 2.77. The summed E-state index contributed by atoms with van der Waals surface area (Å²) in [6.45, 7) is 2.28. The summed E-state index contributed by atoms with van der Waals surface area (Å²) < 4.78 is 1.77. The maximum absolute atomic E-state index is 13.1. The van der Waals surface area contributed by atoms with Crippen LogP contribution < -0.4 is 21.5 Å². The first-order chi connectivity index (χ1) is 21.1. The third-order valence-electron chi connectivity index (χ3n) is 8.46. The average molecular weight is 663 g/mol. The Hall–Kier alpha value is -4.36. The van der Waals surface area contributed by atoms with Crippen molar-refractivity contribution in [2.75, 3.05) is 30.8 Å². The van der Waals surface area contributed by atoms with Crippen molar-refractivity contribution in [3.05, 3.63) is 85.7 Å². The van der Waals surface area contributed by atoms with Gasteiger partial charge in [0.25, 0.3) is 17.4 Å². The lowest BCUT2D eigenvalue weighted by atomic mass is 9.87. The number of benzene rings is 2. The number of carbonyl (C=O) groups is 4. The monoisotopic (exact) mass is 661 g/mol. The van der Waals surface area contributed by atoms with E-state index >= 15 is 0 Å². The molecule has 3 aliphatic heterocycles. The molecular formula is C31H32BrN7O5. The summed E-state index contributed by atoms with van der Waals surface area (Å²) in [4.78, 5) is 65.4. The number of halogens is 1. The minimum Gasteiger partial charge on any atom is -0.381 e. The molecule has 2 saturated heterocycles. The van der Waals surface area contributed by atoms with Crippen molar-refractivity contribution in [2.45, 2.75) is 43.8 Å². The van der Waals surface area contributed by atoms with Gasteiger partial charge in [0.1, 0.15) is 10.5 Å². The van der Waals surface area contributed by atoms with Gasteiger partial charge >= 0.3 is 0 Å². The van der Waals surface area contributed by atoms with Crippen LogP contribution in [0.15, 0.2) is 57.9 Å². The normalized spacial score (nSPS) is 22.2. The quantitative estimate of drug-likeness (QED) is 0.325. The number of amides is 4. The van der Waals surface area contributed by atoms with Crippen molar-refractivity contribution in [2.24, 2.45) is 7.05 Å². The molecule has 3 unspecified atom stereocenters. The third-order valence-corrected chi connectivity index (χ3v) is 9.22. The summed E-state index contributed by atoms with van der Waals surface area (Å²) in [6, 6.07) is 12.6. The highest BCUT2D eigenvalue weighted by atomic mass is 79.9. The number of aromatic nitrogens is 2. The van der Waals surface area contributed by atoms with Gasteiger partial charge in [-0.15, -0.1) is 0 Å². The minimum atomic E-state index is -0.990. The van der Waals surface area contributed by atoms with Crippen LogP contribution in [0, 0.1) is 0 Å². The lowest BCUT2D eigenvalue weighted by Crippen LogP contribution is -2.54. The van der Waals surface area contributed by atoms with E-state index in [1.54, 1.807) is 31.4 Å². The maximum Gasteiger partial charge on any atom is 0.282 e. The zero-order chi connectivity index (χ0) is 31.1. The van der Waals surface area contributed by atoms with E-state index in [9.17, 15) is 24.0 Å². The molecule has 12 nitrogen and oxygen atoms in total. The molecule has 0 saturated carbocycles. The Morgan fingerprint density at radius 3 is 2.48 bits per heavy atom. The zero-order valence-electron chi connectivity index (χ0n) is 24.3. The molecule has 6 rings (SSSR count). The number of likely N-dealkylation sites (N-methyl/N-ethyl adjacent to an activating group) is 1. The van der Waals surface area contributed by atoms with Gasteiger partial charge in [-0.05, 0) is 71.1 Å². The number of hydrogen-bond donors (Lipinski definition) is 3. The number of rotatable bonds is 7. The van der Waals surface area contributed by atoms with Crippen molar-refractivity contribution in [3.63, 3.8) is 0 Å². The van der Waals surface area contributed by atoms with Gasteiger partial charge in [0, 0.05) is 44.8 Å². The number of hydrogen-bond acceptors (Lipinski definition) is 9. The number of anilines is 2. The van der Waals surface area contributed by atoms with E-state index in [1.807, 2.05) is 0 Å². The van der Waals surface area contributed by atoms with E-state index in [0.717, 1.165) is 30.0 Å². The van der Waals surface area contributed by atoms with E-state index in [-0.39, 0.29) is 35.6 Å². The van der Waals surface area contributed by atoms with Crippen LogP contribution in [-0.4, -0.2) is 75.4 Å². The average Bonchev–Trinajstić information content (AvgIpc) is 3.25. The molecule has 3 aromatic rings. The first kappa shape index (κ1) is 29.7. The molecule has 1 aromatic heterocycles. The Bertz CT molecular complexity index is 1720. The van der Waals surface area contributed by atoms with E-state index in [0.29, 0.717) is 28.3 Å². The van der Waals surface area contributed by atoms with E-state index in [2.05, 4.69) is 73.2 Å². The fraction of sp³-hybridized carbons (Fsp3) is 0.355. The lowest BCUT2D eigenvalue weighted by molar-refractivity contribution is -0.136. The molecule has 3 N–H and O–H groups in total. The molecule has 0 radical (unpaired) electrons. The first-order valence-corrected chi connectivity index (χ1v) is 15.2. The van der Waals surface area contributed by atoms with Gasteiger partial charge in [-0.25, -0.2) is 4.68 Å². The Morgan fingerprint density at radius 1 is 0.977 bits per heavy atom. The number of nitrogens with zero attached hydrogens (tertiary/aromatic N) is 4. The van der Waals surface area contributed by atoms with Gasteiger partial charge in [-0.2, -0.15) is 5.10 Å². The third kappa shape index (κ3) is 5.76. The van der Waals surface area contributed by atoms with Crippen LogP contribution in [0.1, 0.15) is 57.0 Å². The first-order valence-electron chi connectivity index (χ1n) is 14.4. The Kier molecular flexibility index (Phi) is 8.08. The van der Waals surface area contributed by atoms with Gasteiger partial charge in [-0.1, -0.05) is 24.3 Å². The second kappa shape index (κ2) is 12.0. The standard InChI is InChI=1S/C31H32BrN7O5/c1-37-15-19(11-21(16-37)35-24-14-34-38(2)31(44)27(24)32)18-5-3-17(4-6-18)13-33-20-7-8-22-23(12-20)30(43)39(29(22)42)25-9-10-26(40)36-28(25)41/h3-8,12,14,19,21,25,33,35H,9-11,13,15-16H2,1-2H3,(H,36,40,41). The number of piperidine rings is 2. The predicted octanol–water partition coefficient (Wildman–Crippen LogP) is 2.46. The van der Waals surface area contributed by atoms with Crippen molar-refractivity contribution in [1.29, 1.82) is 0 Å². The molecule has 0 aliphatic carbocycles. The number of nitrogens with one attached hydrogen (secondary N) is 3. The van der Waals surface area contributed by atoms with E-state index in [4.69, 9.17) is 0 Å². The Morgan fingerprint density at radius 2 is 1.73 bits per heavy atom. The molecule has 2 fully saturated rings. The Balaban J connectivity index is 1.08. The highest BCUT2D eigenvalue weighted by molar-refractivity contribution is 9.10. The van der Waals surface area contributed by atoms with E-state index in [1.165, 1.54) is 10.2 Å². The molecule has 228 valence electrons. The molecule has 2 aromatic carbocycles. The van der Waals surface area contributed by atoms with Crippen LogP contribution in [0.2, 0.25) is 0 Å². The van der Waals surface area contributed by atoms with Gasteiger partial charge < -0.3 is 15.5 Å². The number of imide groups is 2. The predicted molar refractivity (Wildman–Crippen MR) is 166 cm³/mol. The SMILES string of the molecule is CN1CC(Nc2cnn(C)c(=O)c2Br)CC(c2ccc(CNc3ccc4c(c3)C(=O)N(C3CCC(=O)NC3=O)C4=O)cc2)C1. The fourth-order valence-electron chi connectivity index (χ4n) is 6.19. The highest BCUT2D eigenvalue weighted by Gasteiger charge is 2.44. The second-order valence-corrected chi connectivity index (χ2v) is 12.4. The fourth-order valence-corrected chi connectivity index (χ4v) is 6.66. The molecule has 3 aliphatic rings. The maximum atomic E-state index is 13.1. The lowest BCUT2D eigenvalue weighted by Gasteiger charge is -2.37. The zero-order valence-corrected chi connectivity index (χ0v) is 25.9. The molecule has 3 atom stereocenters. The van der Waals surface area contributed by atoms with Crippen molar-refractivity contribution in [1.82, 2.24) is 24.9 Å². The topological polar surface area (TPSA) is 146 Å². The summed E-state index contributed by atoms with van der Waals surface area (Å²) in [5.41, 5.74) is 3.95.